The number of methoxy groups -OCH3 is 1. The third-order valence-corrected chi connectivity index (χ3v) is 5.53. The average Bonchev–Trinajstić information content (AvgIpc) is 2.61. The largest absolute Gasteiger partial charge is 0.396 e. The van der Waals surface area contributed by atoms with Gasteiger partial charge in [-0.3, -0.25) is 0 Å². The van der Waals surface area contributed by atoms with Crippen LogP contribution in [-0.4, -0.2) is 25.4 Å². The molecule has 0 heterocycles. The molecule has 0 aliphatic heterocycles. The number of hydrogen-bond acceptors (Lipinski definition) is 2. The van der Waals surface area contributed by atoms with Crippen molar-refractivity contribution < 1.29 is 9.84 Å². The van der Waals surface area contributed by atoms with Crippen molar-refractivity contribution in [3.05, 3.63) is 35.4 Å². The van der Waals surface area contributed by atoms with Gasteiger partial charge in [0.1, 0.15) is 0 Å². The molecule has 1 aliphatic carbocycles. The lowest BCUT2D eigenvalue weighted by Crippen LogP contribution is -2.14. The summed E-state index contributed by atoms with van der Waals surface area (Å²) in [7, 11) is 1.69. The zero-order chi connectivity index (χ0) is 16.5. The molecule has 2 heteroatoms. The molecule has 0 bridgehead atoms. The van der Waals surface area contributed by atoms with Gasteiger partial charge >= 0.3 is 0 Å². The fourth-order valence-electron chi connectivity index (χ4n) is 3.96. The molecule has 1 aromatic rings. The van der Waals surface area contributed by atoms with Gasteiger partial charge in [-0.2, -0.15) is 0 Å². The van der Waals surface area contributed by atoms with Crippen LogP contribution in [0, 0.1) is 5.92 Å². The summed E-state index contributed by atoms with van der Waals surface area (Å²) in [5.74, 6) is 1.81. The minimum Gasteiger partial charge on any atom is -0.396 e. The average molecular weight is 319 g/mol. The molecule has 1 aliphatic rings. The quantitative estimate of drug-likeness (QED) is 0.629. The molecule has 1 saturated carbocycles. The van der Waals surface area contributed by atoms with Gasteiger partial charge in [0.25, 0.3) is 0 Å². The fraction of sp³-hybridized carbons (Fsp3) is 0.714. The number of aliphatic hydroxyl groups is 1. The molecule has 0 spiro atoms. The summed E-state index contributed by atoms with van der Waals surface area (Å²) >= 11 is 0. The van der Waals surface area contributed by atoms with Crippen LogP contribution in [0.4, 0.5) is 0 Å². The van der Waals surface area contributed by atoms with Crippen LogP contribution in [0.25, 0.3) is 0 Å². The Morgan fingerprint density at radius 1 is 1.09 bits per heavy atom. The van der Waals surface area contributed by atoms with Crippen molar-refractivity contribution in [2.24, 2.45) is 5.92 Å². The van der Waals surface area contributed by atoms with Crippen molar-refractivity contribution in [1.82, 2.24) is 0 Å². The van der Waals surface area contributed by atoms with Gasteiger partial charge in [0.15, 0.2) is 0 Å². The first kappa shape index (κ1) is 18.5. The fourth-order valence-corrected chi connectivity index (χ4v) is 3.96. The molecular weight excluding hydrogens is 284 g/mol. The van der Waals surface area contributed by atoms with E-state index in [0.29, 0.717) is 6.61 Å². The van der Waals surface area contributed by atoms with Crippen molar-refractivity contribution in [3.8, 4) is 0 Å². The number of aliphatic hydroxyl groups excluding tert-OH is 1. The molecule has 2 nitrogen and oxygen atoms in total. The first-order valence-corrected chi connectivity index (χ1v) is 9.48. The van der Waals surface area contributed by atoms with Gasteiger partial charge in [-0.05, 0) is 48.6 Å². The Morgan fingerprint density at radius 3 is 2.35 bits per heavy atom. The topological polar surface area (TPSA) is 29.5 Å². The number of hydrogen-bond donors (Lipinski definition) is 1. The van der Waals surface area contributed by atoms with Crippen molar-refractivity contribution in [2.45, 2.75) is 70.1 Å². The van der Waals surface area contributed by atoms with Gasteiger partial charge in [0.05, 0.1) is 13.2 Å². The summed E-state index contributed by atoms with van der Waals surface area (Å²) in [6.45, 7) is 3.02. The highest BCUT2D eigenvalue weighted by Crippen LogP contribution is 2.38. The molecule has 0 radical (unpaired) electrons. The third kappa shape index (κ3) is 5.61. The van der Waals surface area contributed by atoms with Gasteiger partial charge in [-0.1, -0.05) is 56.9 Å². The maximum Gasteiger partial charge on any atom is 0.0553 e. The van der Waals surface area contributed by atoms with Crippen LogP contribution in [0.5, 0.6) is 0 Å². The molecular formula is C21H34O2. The molecule has 0 amide bonds. The highest BCUT2D eigenvalue weighted by Gasteiger charge is 2.22. The maximum absolute atomic E-state index is 9.47. The summed E-state index contributed by atoms with van der Waals surface area (Å²) in [6.07, 6.45) is 11.1. The van der Waals surface area contributed by atoms with E-state index in [1.807, 2.05) is 0 Å². The standard InChI is InChI=1S/C21H34O2/c1-3-4-5-6-17-7-9-18(10-8-17)19-11-13-20(14-12-19)21(15-22)16-23-2/h11-14,17-18,21-22H,3-10,15-16H2,1-2H3. The summed E-state index contributed by atoms with van der Waals surface area (Å²) in [5, 5.41) is 9.47. The van der Waals surface area contributed by atoms with Crippen LogP contribution in [0.3, 0.4) is 0 Å². The first-order valence-electron chi connectivity index (χ1n) is 9.48. The van der Waals surface area contributed by atoms with Gasteiger partial charge in [0.2, 0.25) is 0 Å². The van der Waals surface area contributed by atoms with E-state index in [1.165, 1.54) is 62.5 Å². The summed E-state index contributed by atoms with van der Waals surface area (Å²) < 4.78 is 5.19. The van der Waals surface area contributed by atoms with Crippen LogP contribution >= 0.6 is 0 Å². The maximum atomic E-state index is 9.47. The van der Waals surface area contributed by atoms with Gasteiger partial charge in [0, 0.05) is 13.0 Å². The van der Waals surface area contributed by atoms with Gasteiger partial charge in [-0.15, -0.1) is 0 Å². The van der Waals surface area contributed by atoms with Crippen LogP contribution in [0.2, 0.25) is 0 Å². The monoisotopic (exact) mass is 318 g/mol. The van der Waals surface area contributed by atoms with E-state index in [4.69, 9.17) is 4.74 Å². The van der Waals surface area contributed by atoms with Crippen LogP contribution in [0.1, 0.15) is 81.3 Å². The molecule has 2 rings (SSSR count). The third-order valence-electron chi connectivity index (χ3n) is 5.53. The normalized spacial score (nSPS) is 22.9. The lowest BCUT2D eigenvalue weighted by molar-refractivity contribution is 0.144. The minimum atomic E-state index is 0.100. The number of ether oxygens (including phenoxy) is 1. The Hall–Kier alpha value is -0.860. The molecule has 1 fully saturated rings. The first-order chi connectivity index (χ1) is 11.3. The van der Waals surface area contributed by atoms with Crippen LogP contribution in [-0.2, 0) is 4.74 Å². The predicted octanol–water partition coefficient (Wildman–Crippen LogP) is 5.26. The molecule has 1 aromatic carbocycles. The summed E-state index contributed by atoms with van der Waals surface area (Å²) in [4.78, 5) is 0. The highest BCUT2D eigenvalue weighted by molar-refractivity contribution is 5.28. The summed E-state index contributed by atoms with van der Waals surface area (Å²) in [6, 6.07) is 8.91. The molecule has 1 N–H and O–H groups in total. The van der Waals surface area contributed by atoms with Crippen molar-refractivity contribution in [2.75, 3.05) is 20.3 Å². The lowest BCUT2D eigenvalue weighted by Gasteiger charge is -2.29. The van der Waals surface area contributed by atoms with E-state index >= 15 is 0 Å². The van der Waals surface area contributed by atoms with E-state index in [-0.39, 0.29) is 12.5 Å². The molecule has 1 atom stereocenters. The van der Waals surface area contributed by atoms with Crippen molar-refractivity contribution in [1.29, 1.82) is 0 Å². The van der Waals surface area contributed by atoms with Crippen LogP contribution < -0.4 is 0 Å². The van der Waals surface area contributed by atoms with E-state index in [1.54, 1.807) is 7.11 Å². The molecule has 23 heavy (non-hydrogen) atoms. The molecule has 0 aromatic heterocycles. The van der Waals surface area contributed by atoms with E-state index in [9.17, 15) is 5.11 Å². The predicted molar refractivity (Wildman–Crippen MR) is 97.0 cm³/mol. The minimum absolute atomic E-state index is 0.100. The molecule has 0 saturated heterocycles. The Morgan fingerprint density at radius 2 is 1.78 bits per heavy atom. The van der Waals surface area contributed by atoms with Gasteiger partial charge < -0.3 is 9.84 Å². The smallest absolute Gasteiger partial charge is 0.0553 e. The zero-order valence-corrected chi connectivity index (χ0v) is 15.0. The Bertz CT molecular complexity index is 418. The number of unbranched alkanes of at least 4 members (excludes halogenated alkanes) is 2. The Labute approximate surface area is 142 Å². The Kier molecular flexibility index (Phi) is 8.11. The van der Waals surface area contributed by atoms with Crippen LogP contribution in [0.15, 0.2) is 24.3 Å². The lowest BCUT2D eigenvalue weighted by atomic mass is 9.77. The van der Waals surface area contributed by atoms with E-state index < -0.39 is 0 Å². The van der Waals surface area contributed by atoms with E-state index in [2.05, 4.69) is 31.2 Å². The van der Waals surface area contributed by atoms with Crippen molar-refractivity contribution in [3.63, 3.8) is 0 Å². The number of benzene rings is 1. The van der Waals surface area contributed by atoms with Gasteiger partial charge in [-0.25, -0.2) is 0 Å². The second-order valence-electron chi connectivity index (χ2n) is 7.21. The Balaban J connectivity index is 1.84. The summed E-state index contributed by atoms with van der Waals surface area (Å²) in [5.41, 5.74) is 2.67. The second kappa shape index (κ2) is 10.1. The molecule has 1 unspecified atom stereocenters. The molecule has 130 valence electrons. The second-order valence-corrected chi connectivity index (χ2v) is 7.21. The van der Waals surface area contributed by atoms with Crippen molar-refractivity contribution >= 4 is 0 Å². The highest BCUT2D eigenvalue weighted by atomic mass is 16.5. The SMILES string of the molecule is CCCCCC1CCC(c2ccc(C(CO)COC)cc2)CC1. The zero-order valence-electron chi connectivity index (χ0n) is 15.0. The van der Waals surface area contributed by atoms with E-state index in [0.717, 1.165) is 11.8 Å². The number of rotatable bonds is 9.